The summed E-state index contributed by atoms with van der Waals surface area (Å²) in [6.45, 7) is 17.6. The van der Waals surface area contributed by atoms with Gasteiger partial charge in [-0.05, 0) is 206 Å². The molecule has 0 aliphatic carbocycles. The molecule has 0 saturated heterocycles. The lowest BCUT2D eigenvalue weighted by molar-refractivity contribution is 0.663. The highest BCUT2D eigenvalue weighted by Gasteiger charge is 2.22. The van der Waals surface area contributed by atoms with Crippen molar-refractivity contribution in [3.8, 4) is 0 Å². The van der Waals surface area contributed by atoms with Gasteiger partial charge in [0, 0.05) is 50.3 Å². The lowest BCUT2D eigenvalue weighted by Gasteiger charge is -2.29. The molecule has 0 aliphatic heterocycles. The summed E-state index contributed by atoms with van der Waals surface area (Å²) in [5.41, 5.74) is 20.5. The summed E-state index contributed by atoms with van der Waals surface area (Å²) >= 11 is 0. The van der Waals surface area contributed by atoms with Gasteiger partial charge in [-0.3, -0.25) is 0 Å². The Kier molecular flexibility index (Phi) is 8.59. The molecule has 11 aromatic rings. The van der Waals surface area contributed by atoms with Gasteiger partial charge in [-0.1, -0.05) is 60.7 Å². The third kappa shape index (κ3) is 5.81. The van der Waals surface area contributed by atoms with Gasteiger partial charge in [0.25, 0.3) is 0 Å². The van der Waals surface area contributed by atoms with Crippen LogP contribution in [0.4, 0.5) is 34.1 Å². The Labute approximate surface area is 362 Å². The van der Waals surface area contributed by atoms with Crippen molar-refractivity contribution in [2.24, 2.45) is 0 Å². The molecule has 0 atom stereocenters. The summed E-state index contributed by atoms with van der Waals surface area (Å²) in [5.74, 6) is 0. The normalized spacial score (nSPS) is 11.9. The van der Waals surface area contributed by atoms with Crippen LogP contribution in [0.5, 0.6) is 0 Å². The molecule has 0 aliphatic rings. The van der Waals surface area contributed by atoms with Gasteiger partial charge in [0.15, 0.2) is 0 Å². The number of aryl methyl sites for hydroxylation is 4. The van der Waals surface area contributed by atoms with Crippen molar-refractivity contribution in [1.82, 2.24) is 0 Å². The zero-order valence-corrected chi connectivity index (χ0v) is 36.6. The second kappa shape index (κ2) is 14.1. The zero-order valence-electron chi connectivity index (χ0n) is 36.6. The Morgan fingerprint density at radius 3 is 1.35 bits per heavy atom. The van der Waals surface area contributed by atoms with Gasteiger partial charge in [0.05, 0.1) is 5.39 Å². The summed E-state index contributed by atoms with van der Waals surface area (Å²) in [6, 6.07) is 53.0. The summed E-state index contributed by atoms with van der Waals surface area (Å²) in [4.78, 5) is 4.80. The standard InChI is InChI=1S/C58H48N2O2/c1-33-17-24-52(39(7)37(33)5)59(50-15-11-9-13-35(50)3)45-21-19-41-29-48-47-23-26-54-57(58(47)62-55(48)31-43(41)27-45)49-30-42-20-22-46(28-44(42)32-56(49)61-54)60(51-16-12-10-14-36(51)4)53-25-18-34(2)38(6)40(53)8/h9-32H,1-8H3. The van der Waals surface area contributed by atoms with Crippen LogP contribution in [0, 0.1) is 55.4 Å². The first-order valence-corrected chi connectivity index (χ1v) is 21.6. The quantitative estimate of drug-likeness (QED) is 0.168. The van der Waals surface area contributed by atoms with Crippen molar-refractivity contribution >= 4 is 99.5 Å². The highest BCUT2D eigenvalue weighted by atomic mass is 16.3. The highest BCUT2D eigenvalue weighted by Crippen LogP contribution is 2.45. The molecule has 302 valence electrons. The van der Waals surface area contributed by atoms with Gasteiger partial charge in [0.2, 0.25) is 0 Å². The number of fused-ring (bicyclic) bond motifs is 9. The average Bonchev–Trinajstić information content (AvgIpc) is 3.82. The van der Waals surface area contributed by atoms with E-state index in [4.69, 9.17) is 8.83 Å². The molecule has 11 rings (SSSR count). The second-order valence-corrected chi connectivity index (χ2v) is 17.3. The SMILES string of the molecule is Cc1ccccc1N(c1ccc2cc3c(cc2c1)oc1c3ccc2oc3cc4cc(N(c5ccccc5C)c5ccc(C)c(C)c5C)ccc4cc3c21)c1ccc(C)c(C)c1C. The van der Waals surface area contributed by atoms with E-state index in [1.165, 1.54) is 72.6 Å². The first kappa shape index (κ1) is 37.7. The molecule has 0 N–H and O–H groups in total. The predicted molar refractivity (Wildman–Crippen MR) is 263 cm³/mol. The van der Waals surface area contributed by atoms with Crippen molar-refractivity contribution < 1.29 is 8.83 Å². The van der Waals surface area contributed by atoms with Crippen LogP contribution in [0.15, 0.2) is 154 Å². The smallest absolute Gasteiger partial charge is 0.147 e. The number of hydrogen-bond donors (Lipinski definition) is 0. The molecule has 62 heavy (non-hydrogen) atoms. The van der Waals surface area contributed by atoms with E-state index in [1.807, 2.05) is 0 Å². The Bertz CT molecular complexity index is 3640. The maximum Gasteiger partial charge on any atom is 0.147 e. The van der Waals surface area contributed by atoms with E-state index in [1.54, 1.807) is 0 Å². The molecular weight excluding hydrogens is 757 g/mol. The molecule has 0 spiro atoms. The molecule has 0 fully saturated rings. The van der Waals surface area contributed by atoms with Gasteiger partial charge in [-0.25, -0.2) is 0 Å². The van der Waals surface area contributed by atoms with Crippen LogP contribution in [-0.4, -0.2) is 0 Å². The van der Waals surface area contributed by atoms with Crippen LogP contribution in [0.2, 0.25) is 0 Å². The molecular formula is C58H48N2O2. The number of benzene rings is 9. The lowest BCUT2D eigenvalue weighted by Crippen LogP contribution is -2.13. The van der Waals surface area contributed by atoms with E-state index in [0.29, 0.717) is 0 Å². The molecule has 4 nitrogen and oxygen atoms in total. The van der Waals surface area contributed by atoms with E-state index < -0.39 is 0 Å². The largest absolute Gasteiger partial charge is 0.456 e. The number of rotatable bonds is 6. The first-order chi connectivity index (χ1) is 30.0. The highest BCUT2D eigenvalue weighted by molar-refractivity contribution is 6.24. The van der Waals surface area contributed by atoms with E-state index in [9.17, 15) is 0 Å². The molecule has 0 radical (unpaired) electrons. The first-order valence-electron chi connectivity index (χ1n) is 21.6. The fourth-order valence-corrected chi connectivity index (χ4v) is 9.65. The summed E-state index contributed by atoms with van der Waals surface area (Å²) in [6.07, 6.45) is 0. The van der Waals surface area contributed by atoms with E-state index >= 15 is 0 Å². The third-order valence-corrected chi connectivity index (χ3v) is 13.7. The molecule has 2 aromatic heterocycles. The number of para-hydroxylation sites is 2. The van der Waals surface area contributed by atoms with E-state index in [2.05, 4.69) is 211 Å². The molecule has 0 saturated carbocycles. The van der Waals surface area contributed by atoms with Crippen LogP contribution in [-0.2, 0) is 0 Å². The predicted octanol–water partition coefficient (Wildman–Crippen LogP) is 17.2. The fraction of sp³-hybridized carbons (Fsp3) is 0.138. The molecule has 9 aromatic carbocycles. The summed E-state index contributed by atoms with van der Waals surface area (Å²) < 4.78 is 13.6. The Balaban J connectivity index is 1.05. The third-order valence-electron chi connectivity index (χ3n) is 13.7. The van der Waals surface area contributed by atoms with Crippen LogP contribution in [0.1, 0.15) is 44.5 Å². The van der Waals surface area contributed by atoms with Crippen LogP contribution < -0.4 is 9.80 Å². The molecule has 4 heteroatoms. The van der Waals surface area contributed by atoms with Gasteiger partial charge in [-0.2, -0.15) is 0 Å². The van der Waals surface area contributed by atoms with Crippen molar-refractivity contribution in [2.75, 3.05) is 9.80 Å². The molecule has 2 heterocycles. The fourth-order valence-electron chi connectivity index (χ4n) is 9.65. The molecule has 0 amide bonds. The van der Waals surface area contributed by atoms with Crippen LogP contribution >= 0.6 is 0 Å². The minimum Gasteiger partial charge on any atom is -0.456 e. The van der Waals surface area contributed by atoms with Gasteiger partial charge < -0.3 is 18.6 Å². The Morgan fingerprint density at radius 1 is 0.323 bits per heavy atom. The molecule has 0 bridgehead atoms. The number of furan rings is 2. The van der Waals surface area contributed by atoms with Crippen molar-refractivity contribution in [3.05, 3.63) is 190 Å². The van der Waals surface area contributed by atoms with Gasteiger partial charge in [0.1, 0.15) is 22.3 Å². The lowest BCUT2D eigenvalue weighted by atomic mass is 9.99. The van der Waals surface area contributed by atoms with Crippen molar-refractivity contribution in [3.63, 3.8) is 0 Å². The summed E-state index contributed by atoms with van der Waals surface area (Å²) in [5, 5.41) is 8.80. The monoisotopic (exact) mass is 804 g/mol. The minimum atomic E-state index is 0.818. The maximum absolute atomic E-state index is 6.90. The topological polar surface area (TPSA) is 32.8 Å². The van der Waals surface area contributed by atoms with Crippen LogP contribution in [0.3, 0.4) is 0 Å². The van der Waals surface area contributed by atoms with E-state index in [-0.39, 0.29) is 0 Å². The van der Waals surface area contributed by atoms with Gasteiger partial charge >= 0.3 is 0 Å². The van der Waals surface area contributed by atoms with Crippen LogP contribution in [0.25, 0.3) is 65.4 Å². The number of anilines is 6. The average molecular weight is 805 g/mol. The number of hydrogen-bond acceptors (Lipinski definition) is 4. The van der Waals surface area contributed by atoms with Crippen molar-refractivity contribution in [1.29, 1.82) is 0 Å². The zero-order chi connectivity index (χ0) is 42.6. The Morgan fingerprint density at radius 2 is 0.823 bits per heavy atom. The number of nitrogens with zero attached hydrogens (tertiary/aromatic N) is 2. The van der Waals surface area contributed by atoms with Crippen molar-refractivity contribution in [2.45, 2.75) is 55.4 Å². The summed E-state index contributed by atoms with van der Waals surface area (Å²) in [7, 11) is 0. The second-order valence-electron chi connectivity index (χ2n) is 17.3. The minimum absolute atomic E-state index is 0.818. The Hall–Kier alpha value is -7.30. The molecule has 0 unspecified atom stereocenters. The maximum atomic E-state index is 6.90. The van der Waals surface area contributed by atoms with E-state index in [0.717, 1.165) is 71.4 Å². The van der Waals surface area contributed by atoms with Gasteiger partial charge in [-0.15, -0.1) is 0 Å².